The molecule has 0 saturated heterocycles. The van der Waals surface area contributed by atoms with Crippen LogP contribution in [0.2, 0.25) is 0 Å². The second-order valence-corrected chi connectivity index (χ2v) is 10.2. The SMILES string of the molecule is COP(=O)(OC)C(=NS(=O)(=O)c1ccccc1)P(=O)(OC)OC. The maximum atomic E-state index is 12.6. The molecule has 23 heavy (non-hydrogen) atoms. The van der Waals surface area contributed by atoms with E-state index in [1.165, 1.54) is 24.3 Å². The van der Waals surface area contributed by atoms with Crippen LogP contribution in [0.1, 0.15) is 0 Å². The second kappa shape index (κ2) is 7.81. The van der Waals surface area contributed by atoms with Crippen molar-refractivity contribution in [2.24, 2.45) is 4.40 Å². The van der Waals surface area contributed by atoms with Gasteiger partial charge in [0.2, 0.25) is 0 Å². The van der Waals surface area contributed by atoms with Gasteiger partial charge in [-0.2, -0.15) is 8.42 Å². The number of nitrogens with zero attached hydrogens (tertiary/aromatic N) is 1. The molecule has 0 aromatic heterocycles. The van der Waals surface area contributed by atoms with Gasteiger partial charge in [0.05, 0.1) is 4.90 Å². The average molecular weight is 385 g/mol. The Morgan fingerprint density at radius 2 is 1.26 bits per heavy atom. The van der Waals surface area contributed by atoms with Crippen molar-refractivity contribution in [1.82, 2.24) is 0 Å². The van der Waals surface area contributed by atoms with Crippen LogP contribution < -0.4 is 0 Å². The summed E-state index contributed by atoms with van der Waals surface area (Å²) in [5.41, 5.74) is 0. The van der Waals surface area contributed by atoms with Crippen LogP contribution in [-0.4, -0.2) is 42.1 Å². The molecule has 130 valence electrons. The van der Waals surface area contributed by atoms with E-state index < -0.39 is 30.4 Å². The molecule has 0 bridgehead atoms. The lowest BCUT2D eigenvalue weighted by Crippen LogP contribution is -2.11. The van der Waals surface area contributed by atoms with Gasteiger partial charge in [0, 0.05) is 28.4 Å². The fourth-order valence-corrected chi connectivity index (χ4v) is 6.88. The highest BCUT2D eigenvalue weighted by Gasteiger charge is 2.47. The smallest absolute Gasteiger partial charge is 0.307 e. The van der Waals surface area contributed by atoms with Crippen molar-refractivity contribution >= 4 is 30.4 Å². The van der Waals surface area contributed by atoms with Crippen LogP contribution in [0.4, 0.5) is 0 Å². The van der Waals surface area contributed by atoms with Gasteiger partial charge < -0.3 is 18.1 Å². The van der Waals surface area contributed by atoms with Crippen molar-refractivity contribution in [2.75, 3.05) is 28.4 Å². The highest BCUT2D eigenvalue weighted by Crippen LogP contribution is 2.65. The lowest BCUT2D eigenvalue weighted by molar-refractivity contribution is 0.280. The summed E-state index contributed by atoms with van der Waals surface area (Å²) < 4.78 is 71.9. The van der Waals surface area contributed by atoms with E-state index in [4.69, 9.17) is 0 Å². The van der Waals surface area contributed by atoms with E-state index >= 15 is 0 Å². The summed E-state index contributed by atoms with van der Waals surface area (Å²) in [6, 6.07) is 7.09. The monoisotopic (exact) mass is 385 g/mol. The van der Waals surface area contributed by atoms with Crippen molar-refractivity contribution in [1.29, 1.82) is 0 Å². The summed E-state index contributed by atoms with van der Waals surface area (Å²) >= 11 is 0. The molecule has 0 spiro atoms. The molecule has 0 aliphatic carbocycles. The molecule has 9 nitrogen and oxygen atoms in total. The number of sulfonamides is 1. The van der Waals surface area contributed by atoms with Crippen LogP contribution >= 0.6 is 15.2 Å². The van der Waals surface area contributed by atoms with Gasteiger partial charge in [0.15, 0.2) is 0 Å². The van der Waals surface area contributed by atoms with E-state index in [1.54, 1.807) is 6.07 Å². The normalized spacial score (nSPS) is 12.9. The number of rotatable bonds is 8. The predicted octanol–water partition coefficient (Wildman–Crippen LogP) is 2.70. The van der Waals surface area contributed by atoms with Gasteiger partial charge in [0.1, 0.15) is 0 Å². The fourth-order valence-electron chi connectivity index (χ4n) is 1.48. The summed E-state index contributed by atoms with van der Waals surface area (Å²) in [5.74, 6) is 0. The van der Waals surface area contributed by atoms with E-state index in [9.17, 15) is 17.5 Å². The minimum Gasteiger partial charge on any atom is -0.307 e. The Kier molecular flexibility index (Phi) is 6.85. The first-order valence-corrected chi connectivity index (χ1v) is 10.6. The van der Waals surface area contributed by atoms with Gasteiger partial charge in [-0.05, 0) is 12.1 Å². The molecular formula is C11H17NO8P2S. The lowest BCUT2D eigenvalue weighted by atomic mass is 10.4. The zero-order valence-electron chi connectivity index (χ0n) is 12.9. The van der Waals surface area contributed by atoms with E-state index in [2.05, 4.69) is 22.5 Å². The van der Waals surface area contributed by atoms with Crippen molar-refractivity contribution in [2.45, 2.75) is 4.90 Å². The molecular weight excluding hydrogens is 368 g/mol. The van der Waals surface area contributed by atoms with Crippen LogP contribution in [0.15, 0.2) is 39.6 Å². The predicted molar refractivity (Wildman–Crippen MR) is 84.3 cm³/mol. The van der Waals surface area contributed by atoms with Gasteiger partial charge >= 0.3 is 15.2 Å². The second-order valence-electron chi connectivity index (χ2n) is 3.90. The van der Waals surface area contributed by atoms with E-state index in [-0.39, 0.29) is 4.90 Å². The standard InChI is InChI=1S/C11H17NO8P2S/c1-17-21(13,18-2)11(22(14,19-3)20-4)12-23(15,16)10-8-6-5-7-9-10/h5-9H,1-4H3. The molecule has 12 heteroatoms. The van der Waals surface area contributed by atoms with Crippen LogP contribution in [0.3, 0.4) is 0 Å². The first-order valence-electron chi connectivity index (χ1n) is 6.03. The van der Waals surface area contributed by atoms with E-state index in [0.717, 1.165) is 28.4 Å². The van der Waals surface area contributed by atoms with Crippen molar-refractivity contribution in [3.8, 4) is 0 Å². The highest BCUT2D eigenvalue weighted by molar-refractivity contribution is 8.01. The topological polar surface area (TPSA) is 118 Å². The quantitative estimate of drug-likeness (QED) is 0.495. The third kappa shape index (κ3) is 4.36. The van der Waals surface area contributed by atoms with Gasteiger partial charge in [-0.15, -0.1) is 4.40 Å². The van der Waals surface area contributed by atoms with Crippen LogP contribution in [0.5, 0.6) is 0 Å². The van der Waals surface area contributed by atoms with Gasteiger partial charge in [0.25, 0.3) is 15.2 Å². The van der Waals surface area contributed by atoms with Crippen molar-refractivity contribution < 1.29 is 35.6 Å². The zero-order chi connectivity index (χ0) is 17.7. The Hall–Kier alpha value is -0.860. The molecule has 0 radical (unpaired) electrons. The first-order chi connectivity index (χ1) is 10.7. The minimum atomic E-state index is -4.34. The minimum absolute atomic E-state index is 0.199. The number of hydrogen-bond donors (Lipinski definition) is 0. The maximum absolute atomic E-state index is 12.6. The highest BCUT2D eigenvalue weighted by atomic mass is 32.2. The average Bonchev–Trinajstić information content (AvgIpc) is 2.59. The molecule has 0 atom stereocenters. The molecule has 1 aromatic carbocycles. The summed E-state index contributed by atoms with van der Waals surface area (Å²) in [6.45, 7) is 0. The Bertz CT molecular complexity index is 717. The molecule has 0 saturated carbocycles. The molecule has 0 aliphatic heterocycles. The van der Waals surface area contributed by atoms with E-state index in [0.29, 0.717) is 0 Å². The van der Waals surface area contributed by atoms with E-state index in [1.807, 2.05) is 0 Å². The molecule has 0 unspecified atom stereocenters. The van der Waals surface area contributed by atoms with Crippen molar-refractivity contribution in [3.63, 3.8) is 0 Å². The Morgan fingerprint density at radius 1 is 0.870 bits per heavy atom. The number of benzene rings is 1. The molecule has 0 N–H and O–H groups in total. The Labute approximate surface area is 134 Å². The molecule has 0 amide bonds. The molecule has 1 rings (SSSR count). The summed E-state index contributed by atoms with van der Waals surface area (Å²) in [6.07, 6.45) is 0. The molecule has 0 fully saturated rings. The largest absolute Gasteiger partial charge is 0.388 e. The van der Waals surface area contributed by atoms with Gasteiger partial charge in [-0.25, -0.2) is 0 Å². The summed E-state index contributed by atoms with van der Waals surface area (Å²) in [5, 5.41) is -0.955. The number of hydrogen-bond acceptors (Lipinski definition) is 8. The van der Waals surface area contributed by atoms with Gasteiger partial charge in [-0.1, -0.05) is 18.2 Å². The summed E-state index contributed by atoms with van der Waals surface area (Å²) in [4.78, 5) is -0.199. The van der Waals surface area contributed by atoms with Gasteiger partial charge in [-0.3, -0.25) is 9.13 Å². The van der Waals surface area contributed by atoms with Crippen LogP contribution in [-0.2, 0) is 37.2 Å². The third-order valence-electron chi connectivity index (χ3n) is 2.69. The molecule has 0 heterocycles. The Morgan fingerprint density at radius 3 is 1.61 bits per heavy atom. The molecule has 1 aromatic rings. The maximum Gasteiger partial charge on any atom is 0.388 e. The lowest BCUT2D eigenvalue weighted by Gasteiger charge is -2.20. The Balaban J connectivity index is 3.66. The third-order valence-corrected chi connectivity index (χ3v) is 8.83. The molecule has 0 aliphatic rings. The first kappa shape index (κ1) is 20.2. The zero-order valence-corrected chi connectivity index (χ0v) is 15.5. The fraction of sp³-hybridized carbons (Fsp3) is 0.364. The van der Waals surface area contributed by atoms with Crippen molar-refractivity contribution in [3.05, 3.63) is 30.3 Å². The van der Waals surface area contributed by atoms with Crippen LogP contribution in [0, 0.1) is 0 Å². The van der Waals surface area contributed by atoms with Crippen LogP contribution in [0.25, 0.3) is 0 Å². The summed E-state index contributed by atoms with van der Waals surface area (Å²) in [7, 11) is -8.99.